The van der Waals surface area contributed by atoms with E-state index in [9.17, 15) is 0 Å². The molecule has 1 aromatic heterocycles. The average Bonchev–Trinajstić information content (AvgIpc) is 2.72. The molecule has 4 heteroatoms. The lowest BCUT2D eigenvalue weighted by Crippen LogP contribution is -2.36. The minimum atomic E-state index is -0.331. The van der Waals surface area contributed by atoms with Gasteiger partial charge in [-0.25, -0.2) is 9.97 Å². The van der Waals surface area contributed by atoms with Gasteiger partial charge < -0.3 is 4.74 Å². The third kappa shape index (κ3) is 2.95. The first-order valence-electron chi connectivity index (χ1n) is 8.25. The summed E-state index contributed by atoms with van der Waals surface area (Å²) in [5, 5.41) is 0.659. The highest BCUT2D eigenvalue weighted by Crippen LogP contribution is 2.42. The SMILES string of the molecule is COC1(c2nc(Cl)c3c(n2)CCCCC3)CCCC(C)C1. The van der Waals surface area contributed by atoms with Crippen molar-refractivity contribution in [2.45, 2.75) is 70.3 Å². The van der Waals surface area contributed by atoms with Gasteiger partial charge in [-0.15, -0.1) is 0 Å². The average molecular weight is 309 g/mol. The van der Waals surface area contributed by atoms with E-state index in [0.717, 1.165) is 37.2 Å². The van der Waals surface area contributed by atoms with Crippen LogP contribution in [0.2, 0.25) is 5.15 Å². The number of hydrogen-bond acceptors (Lipinski definition) is 3. The van der Waals surface area contributed by atoms with Crippen molar-refractivity contribution in [2.75, 3.05) is 7.11 Å². The van der Waals surface area contributed by atoms with Crippen LogP contribution in [0.4, 0.5) is 0 Å². The molecule has 0 bridgehead atoms. The standard InChI is InChI=1S/C17H25ClN2O/c1-12-7-6-10-17(11-12,21-2)16-19-14-9-5-3-4-8-13(14)15(18)20-16/h12H,3-11H2,1-2H3. The van der Waals surface area contributed by atoms with Crippen LogP contribution >= 0.6 is 11.6 Å². The van der Waals surface area contributed by atoms with Crippen molar-refractivity contribution >= 4 is 11.6 Å². The molecule has 0 radical (unpaired) electrons. The van der Waals surface area contributed by atoms with Gasteiger partial charge in [-0.3, -0.25) is 0 Å². The van der Waals surface area contributed by atoms with E-state index in [0.29, 0.717) is 11.1 Å². The summed E-state index contributed by atoms with van der Waals surface area (Å²) in [7, 11) is 1.79. The van der Waals surface area contributed by atoms with E-state index in [1.165, 1.54) is 37.7 Å². The van der Waals surface area contributed by atoms with Gasteiger partial charge in [0.25, 0.3) is 0 Å². The first kappa shape index (κ1) is 15.2. The van der Waals surface area contributed by atoms with Gasteiger partial charge in [0.15, 0.2) is 5.82 Å². The van der Waals surface area contributed by atoms with Crippen LogP contribution in [0.25, 0.3) is 0 Å². The number of rotatable bonds is 2. The van der Waals surface area contributed by atoms with Crippen molar-refractivity contribution in [1.29, 1.82) is 0 Å². The lowest BCUT2D eigenvalue weighted by molar-refractivity contribution is -0.0647. The van der Waals surface area contributed by atoms with Gasteiger partial charge in [0, 0.05) is 18.4 Å². The maximum Gasteiger partial charge on any atom is 0.162 e. The highest BCUT2D eigenvalue weighted by atomic mass is 35.5. The second-order valence-electron chi connectivity index (χ2n) is 6.72. The Morgan fingerprint density at radius 2 is 1.95 bits per heavy atom. The summed E-state index contributed by atoms with van der Waals surface area (Å²) in [6.45, 7) is 2.29. The summed E-state index contributed by atoms with van der Waals surface area (Å²) in [6.07, 6.45) is 10.1. The Bertz CT molecular complexity index is 520. The minimum absolute atomic E-state index is 0.331. The summed E-state index contributed by atoms with van der Waals surface area (Å²) in [6, 6.07) is 0. The van der Waals surface area contributed by atoms with Crippen molar-refractivity contribution in [3.63, 3.8) is 0 Å². The van der Waals surface area contributed by atoms with Crippen molar-refractivity contribution in [2.24, 2.45) is 5.92 Å². The van der Waals surface area contributed by atoms with Crippen LogP contribution in [0.5, 0.6) is 0 Å². The van der Waals surface area contributed by atoms with Gasteiger partial charge in [-0.2, -0.15) is 0 Å². The molecule has 116 valence electrons. The molecule has 2 aliphatic carbocycles. The number of methoxy groups -OCH3 is 1. The molecule has 0 aliphatic heterocycles. The van der Waals surface area contributed by atoms with Crippen molar-refractivity contribution < 1.29 is 4.74 Å². The van der Waals surface area contributed by atoms with Crippen LogP contribution in [0.1, 0.15) is 69.0 Å². The Morgan fingerprint density at radius 1 is 1.14 bits per heavy atom. The lowest BCUT2D eigenvalue weighted by atomic mass is 9.78. The molecule has 0 N–H and O–H groups in total. The molecular weight excluding hydrogens is 284 g/mol. The first-order chi connectivity index (χ1) is 10.1. The van der Waals surface area contributed by atoms with Gasteiger partial charge in [0.1, 0.15) is 10.8 Å². The van der Waals surface area contributed by atoms with E-state index in [1.54, 1.807) is 7.11 Å². The van der Waals surface area contributed by atoms with Crippen molar-refractivity contribution in [1.82, 2.24) is 9.97 Å². The van der Waals surface area contributed by atoms with Gasteiger partial charge in [-0.05, 0) is 50.9 Å². The molecule has 0 aromatic carbocycles. The molecule has 2 unspecified atom stereocenters. The Morgan fingerprint density at radius 3 is 2.71 bits per heavy atom. The Balaban J connectivity index is 2.01. The molecular formula is C17H25ClN2O. The molecule has 2 aliphatic rings. The van der Waals surface area contributed by atoms with Gasteiger partial charge in [0.2, 0.25) is 0 Å². The Kier molecular flexibility index (Phi) is 4.51. The number of hydrogen-bond donors (Lipinski definition) is 0. The topological polar surface area (TPSA) is 35.0 Å². The summed E-state index contributed by atoms with van der Waals surface area (Å²) in [5.41, 5.74) is 2.01. The summed E-state index contributed by atoms with van der Waals surface area (Å²) in [5.74, 6) is 1.47. The molecule has 21 heavy (non-hydrogen) atoms. The fourth-order valence-corrected chi connectivity index (χ4v) is 4.20. The van der Waals surface area contributed by atoms with Gasteiger partial charge >= 0.3 is 0 Å². The number of fused-ring (bicyclic) bond motifs is 1. The Labute approximate surface area is 132 Å². The number of nitrogens with zero attached hydrogens (tertiary/aromatic N) is 2. The molecule has 3 nitrogen and oxygen atoms in total. The van der Waals surface area contributed by atoms with Crippen LogP contribution in [0, 0.1) is 5.92 Å². The molecule has 1 saturated carbocycles. The molecule has 3 rings (SSSR count). The maximum atomic E-state index is 6.49. The third-order valence-electron chi connectivity index (χ3n) is 5.14. The predicted octanol–water partition coefficient (Wildman–Crippen LogP) is 4.45. The summed E-state index contributed by atoms with van der Waals surface area (Å²) < 4.78 is 5.93. The highest BCUT2D eigenvalue weighted by molar-refractivity contribution is 6.30. The van der Waals surface area contributed by atoms with E-state index in [-0.39, 0.29) is 5.60 Å². The molecule has 0 amide bonds. The smallest absolute Gasteiger partial charge is 0.162 e. The van der Waals surface area contributed by atoms with E-state index in [1.807, 2.05) is 0 Å². The first-order valence-corrected chi connectivity index (χ1v) is 8.63. The highest BCUT2D eigenvalue weighted by Gasteiger charge is 2.40. The Hall–Kier alpha value is -0.670. The van der Waals surface area contributed by atoms with E-state index >= 15 is 0 Å². The van der Waals surface area contributed by atoms with Gasteiger partial charge in [0.05, 0.1) is 0 Å². The van der Waals surface area contributed by atoms with Crippen LogP contribution in [-0.2, 0) is 23.2 Å². The molecule has 0 saturated heterocycles. The zero-order valence-corrected chi connectivity index (χ0v) is 13.9. The minimum Gasteiger partial charge on any atom is -0.370 e. The maximum absolute atomic E-state index is 6.49. The molecule has 2 atom stereocenters. The van der Waals surface area contributed by atoms with Crippen LogP contribution in [0.15, 0.2) is 0 Å². The zero-order valence-electron chi connectivity index (χ0n) is 13.1. The third-order valence-corrected chi connectivity index (χ3v) is 5.45. The predicted molar refractivity (Wildman–Crippen MR) is 84.6 cm³/mol. The van der Waals surface area contributed by atoms with E-state index < -0.39 is 0 Å². The normalized spacial score (nSPS) is 29.8. The molecule has 0 spiro atoms. The molecule has 1 fully saturated rings. The largest absolute Gasteiger partial charge is 0.370 e. The number of halogens is 1. The number of aromatic nitrogens is 2. The monoisotopic (exact) mass is 308 g/mol. The van der Waals surface area contributed by atoms with Crippen molar-refractivity contribution in [3.05, 3.63) is 22.2 Å². The lowest BCUT2D eigenvalue weighted by Gasteiger charge is -2.37. The molecule has 1 heterocycles. The second kappa shape index (κ2) is 6.21. The fraction of sp³-hybridized carbons (Fsp3) is 0.765. The zero-order chi connectivity index (χ0) is 14.9. The van der Waals surface area contributed by atoms with Crippen LogP contribution in [-0.4, -0.2) is 17.1 Å². The van der Waals surface area contributed by atoms with Crippen LogP contribution < -0.4 is 0 Å². The van der Waals surface area contributed by atoms with E-state index in [2.05, 4.69) is 11.9 Å². The summed E-state index contributed by atoms with van der Waals surface area (Å²) in [4.78, 5) is 9.57. The van der Waals surface area contributed by atoms with Crippen molar-refractivity contribution in [3.8, 4) is 0 Å². The number of ether oxygens (including phenoxy) is 1. The number of aryl methyl sites for hydroxylation is 1. The molecule has 1 aromatic rings. The summed E-state index contributed by atoms with van der Waals surface area (Å²) >= 11 is 6.49. The fourth-order valence-electron chi connectivity index (χ4n) is 3.91. The van der Waals surface area contributed by atoms with E-state index in [4.69, 9.17) is 21.3 Å². The second-order valence-corrected chi connectivity index (χ2v) is 7.08. The quantitative estimate of drug-likeness (QED) is 0.598. The van der Waals surface area contributed by atoms with Crippen LogP contribution in [0.3, 0.4) is 0 Å². The van der Waals surface area contributed by atoms with Gasteiger partial charge in [-0.1, -0.05) is 31.4 Å².